The van der Waals surface area contributed by atoms with Crippen LogP contribution in [0.5, 0.6) is 0 Å². The van der Waals surface area contributed by atoms with Crippen LogP contribution in [0.3, 0.4) is 0 Å². The highest BCUT2D eigenvalue weighted by molar-refractivity contribution is 5.95. The van der Waals surface area contributed by atoms with E-state index < -0.39 is 4.92 Å². The molecule has 0 aliphatic heterocycles. The first-order chi connectivity index (χ1) is 9.54. The molecule has 0 saturated heterocycles. The Kier molecular flexibility index (Phi) is 3.20. The summed E-state index contributed by atoms with van der Waals surface area (Å²) in [6.45, 7) is 1.66. The number of nitro benzene ring substituents is 1. The predicted octanol–water partition coefficient (Wildman–Crippen LogP) is 2.82. The smallest absolute Gasteiger partial charge is 0.272 e. The molecular formula is C15H18N2O3. The molecule has 2 saturated carbocycles. The van der Waals surface area contributed by atoms with Gasteiger partial charge in [-0.1, -0.05) is 6.42 Å². The van der Waals surface area contributed by atoms with Crippen molar-refractivity contribution in [1.82, 2.24) is 5.32 Å². The molecule has 2 aliphatic rings. The molecule has 1 N–H and O–H groups in total. The van der Waals surface area contributed by atoms with Crippen molar-refractivity contribution in [1.29, 1.82) is 0 Å². The summed E-state index contributed by atoms with van der Waals surface area (Å²) in [5.41, 5.74) is 1.09. The van der Waals surface area contributed by atoms with Gasteiger partial charge in [0.05, 0.1) is 4.92 Å². The van der Waals surface area contributed by atoms with Gasteiger partial charge in [0.25, 0.3) is 11.6 Å². The van der Waals surface area contributed by atoms with Crippen molar-refractivity contribution in [2.75, 3.05) is 0 Å². The third kappa shape index (κ3) is 2.28. The number of nitrogens with one attached hydrogen (secondary N) is 1. The maximum atomic E-state index is 12.2. The summed E-state index contributed by atoms with van der Waals surface area (Å²) in [5, 5.41) is 13.9. The Morgan fingerprint density at radius 2 is 2.15 bits per heavy atom. The molecule has 2 fully saturated rings. The molecule has 1 amide bonds. The van der Waals surface area contributed by atoms with Crippen molar-refractivity contribution in [2.24, 2.45) is 11.8 Å². The monoisotopic (exact) mass is 274 g/mol. The molecule has 20 heavy (non-hydrogen) atoms. The van der Waals surface area contributed by atoms with E-state index in [2.05, 4.69) is 5.32 Å². The van der Waals surface area contributed by atoms with E-state index in [1.54, 1.807) is 13.0 Å². The normalized spacial score (nSPS) is 27.6. The third-order valence-corrected chi connectivity index (χ3v) is 4.71. The first-order valence-corrected chi connectivity index (χ1v) is 7.10. The number of benzene rings is 1. The van der Waals surface area contributed by atoms with Crippen molar-refractivity contribution in [3.05, 3.63) is 39.4 Å². The van der Waals surface area contributed by atoms with Gasteiger partial charge >= 0.3 is 0 Å². The second kappa shape index (κ2) is 4.89. The summed E-state index contributed by atoms with van der Waals surface area (Å²) in [6.07, 6.45) is 4.84. The number of hydrogen-bond donors (Lipinski definition) is 1. The second-order valence-corrected chi connectivity index (χ2v) is 6.01. The van der Waals surface area contributed by atoms with E-state index in [0.717, 1.165) is 12.3 Å². The van der Waals surface area contributed by atoms with Gasteiger partial charge in [0.1, 0.15) is 0 Å². The molecule has 1 aromatic carbocycles. The van der Waals surface area contributed by atoms with Gasteiger partial charge in [0.15, 0.2) is 0 Å². The minimum atomic E-state index is -0.424. The van der Waals surface area contributed by atoms with Crippen LogP contribution in [-0.4, -0.2) is 16.9 Å². The standard InChI is InChI=1S/C15H18N2O3/c1-9-6-12(4-5-14(9)17(19)20)15(18)16-13-8-10-2-3-11(13)7-10/h4-6,10-11,13H,2-3,7-8H2,1H3,(H,16,18)/t10-,11-,13+/m0/s1. The molecule has 0 spiro atoms. The number of nitro groups is 1. The van der Waals surface area contributed by atoms with Crippen LogP contribution >= 0.6 is 0 Å². The Bertz CT molecular complexity index is 570. The van der Waals surface area contributed by atoms with Crippen molar-refractivity contribution in [3.63, 3.8) is 0 Å². The van der Waals surface area contributed by atoms with Gasteiger partial charge in [-0.05, 0) is 50.2 Å². The van der Waals surface area contributed by atoms with Crippen LogP contribution in [0, 0.1) is 28.9 Å². The van der Waals surface area contributed by atoms with Gasteiger partial charge in [-0.2, -0.15) is 0 Å². The minimum absolute atomic E-state index is 0.0569. The molecule has 1 aromatic rings. The minimum Gasteiger partial charge on any atom is -0.349 e. The maximum absolute atomic E-state index is 12.2. The van der Waals surface area contributed by atoms with Crippen LogP contribution < -0.4 is 5.32 Å². The van der Waals surface area contributed by atoms with Crippen LogP contribution in [0.25, 0.3) is 0 Å². The molecular weight excluding hydrogens is 256 g/mol. The molecule has 2 bridgehead atoms. The fraction of sp³-hybridized carbons (Fsp3) is 0.533. The van der Waals surface area contributed by atoms with Crippen LogP contribution in [0.1, 0.15) is 41.6 Å². The SMILES string of the molecule is Cc1cc(C(=O)N[C@@H]2C[C@H]3CC[C@H]2C3)ccc1[N+](=O)[O-]. The molecule has 3 atom stereocenters. The number of nitrogens with zero attached hydrogens (tertiary/aromatic N) is 1. The maximum Gasteiger partial charge on any atom is 0.272 e. The van der Waals surface area contributed by atoms with Crippen LogP contribution in [0.2, 0.25) is 0 Å². The lowest BCUT2D eigenvalue weighted by molar-refractivity contribution is -0.385. The molecule has 0 heterocycles. The zero-order chi connectivity index (χ0) is 14.3. The highest BCUT2D eigenvalue weighted by Gasteiger charge is 2.40. The number of hydrogen-bond acceptors (Lipinski definition) is 3. The predicted molar refractivity (Wildman–Crippen MR) is 74.5 cm³/mol. The molecule has 5 heteroatoms. The number of carbonyl (C=O) groups is 1. The van der Waals surface area contributed by atoms with E-state index in [1.165, 1.54) is 31.4 Å². The Labute approximate surface area is 117 Å². The van der Waals surface area contributed by atoms with Crippen LogP contribution in [0.4, 0.5) is 5.69 Å². The highest BCUT2D eigenvalue weighted by atomic mass is 16.6. The lowest BCUT2D eigenvalue weighted by atomic mass is 9.95. The van der Waals surface area contributed by atoms with Gasteiger partial charge in [-0.3, -0.25) is 14.9 Å². The molecule has 5 nitrogen and oxygen atoms in total. The van der Waals surface area contributed by atoms with Gasteiger partial charge in [0.2, 0.25) is 0 Å². The Hall–Kier alpha value is -1.91. The summed E-state index contributed by atoms with van der Waals surface area (Å²) in [5.74, 6) is 1.30. The fourth-order valence-corrected chi connectivity index (χ4v) is 3.67. The number of rotatable bonds is 3. The summed E-state index contributed by atoms with van der Waals surface area (Å²) in [7, 11) is 0. The Morgan fingerprint density at radius 1 is 1.35 bits per heavy atom. The first-order valence-electron chi connectivity index (χ1n) is 7.10. The molecule has 0 radical (unpaired) electrons. The molecule has 2 aliphatic carbocycles. The van der Waals surface area contributed by atoms with Crippen molar-refractivity contribution in [2.45, 2.75) is 38.6 Å². The van der Waals surface area contributed by atoms with E-state index in [0.29, 0.717) is 17.0 Å². The van der Waals surface area contributed by atoms with Gasteiger partial charge in [-0.25, -0.2) is 0 Å². The second-order valence-electron chi connectivity index (χ2n) is 6.01. The Balaban J connectivity index is 1.71. The van der Waals surface area contributed by atoms with E-state index >= 15 is 0 Å². The molecule has 0 aromatic heterocycles. The lowest BCUT2D eigenvalue weighted by Gasteiger charge is -2.22. The van der Waals surface area contributed by atoms with Crippen molar-refractivity contribution < 1.29 is 9.72 Å². The lowest BCUT2D eigenvalue weighted by Crippen LogP contribution is -2.38. The van der Waals surface area contributed by atoms with E-state index in [9.17, 15) is 14.9 Å². The number of amides is 1. The topological polar surface area (TPSA) is 72.2 Å². The molecule has 0 unspecified atom stereocenters. The first kappa shape index (κ1) is 13.1. The largest absolute Gasteiger partial charge is 0.349 e. The zero-order valence-corrected chi connectivity index (χ0v) is 11.5. The summed E-state index contributed by atoms with van der Waals surface area (Å²) >= 11 is 0. The van der Waals surface area contributed by atoms with Crippen LogP contribution in [-0.2, 0) is 0 Å². The van der Waals surface area contributed by atoms with E-state index in [4.69, 9.17) is 0 Å². The van der Waals surface area contributed by atoms with E-state index in [1.807, 2.05) is 0 Å². The summed E-state index contributed by atoms with van der Waals surface area (Å²) in [6, 6.07) is 4.83. The highest BCUT2D eigenvalue weighted by Crippen LogP contribution is 2.44. The van der Waals surface area contributed by atoms with Gasteiger partial charge < -0.3 is 5.32 Å². The number of aryl methyl sites for hydroxylation is 1. The molecule has 3 rings (SSSR count). The number of carbonyl (C=O) groups excluding carboxylic acids is 1. The molecule has 106 valence electrons. The quantitative estimate of drug-likeness (QED) is 0.680. The van der Waals surface area contributed by atoms with Crippen molar-refractivity contribution in [3.8, 4) is 0 Å². The average Bonchev–Trinajstić information content (AvgIpc) is 3.00. The summed E-state index contributed by atoms with van der Waals surface area (Å²) < 4.78 is 0. The third-order valence-electron chi connectivity index (χ3n) is 4.71. The van der Waals surface area contributed by atoms with Crippen LogP contribution in [0.15, 0.2) is 18.2 Å². The van der Waals surface area contributed by atoms with Gasteiger partial charge in [0, 0.05) is 23.2 Å². The fourth-order valence-electron chi connectivity index (χ4n) is 3.67. The van der Waals surface area contributed by atoms with E-state index in [-0.39, 0.29) is 17.6 Å². The number of fused-ring (bicyclic) bond motifs is 2. The zero-order valence-electron chi connectivity index (χ0n) is 11.5. The average molecular weight is 274 g/mol. The van der Waals surface area contributed by atoms with Gasteiger partial charge in [-0.15, -0.1) is 0 Å². The Morgan fingerprint density at radius 3 is 2.70 bits per heavy atom. The van der Waals surface area contributed by atoms with Crippen molar-refractivity contribution >= 4 is 11.6 Å². The summed E-state index contributed by atoms with van der Waals surface area (Å²) in [4.78, 5) is 22.6.